The van der Waals surface area contributed by atoms with Crippen LogP contribution in [0.15, 0.2) is 30.3 Å². The van der Waals surface area contributed by atoms with Gasteiger partial charge in [0.05, 0.1) is 0 Å². The van der Waals surface area contributed by atoms with Gasteiger partial charge < -0.3 is 0 Å². The minimum atomic E-state index is -4.74. The van der Waals surface area contributed by atoms with Gasteiger partial charge in [-0.1, -0.05) is 18.2 Å². The summed E-state index contributed by atoms with van der Waals surface area (Å²) < 4.78 is 59.3. The van der Waals surface area contributed by atoms with E-state index in [4.69, 9.17) is 0 Å². The zero-order chi connectivity index (χ0) is 11.5. The fourth-order valence-electron chi connectivity index (χ4n) is 0.937. The van der Waals surface area contributed by atoms with E-state index in [1.54, 1.807) is 6.07 Å². The molecular formula is C8H8F3NO2S. The minimum absolute atomic E-state index is 0.113. The molecule has 1 aromatic carbocycles. The second-order valence-corrected chi connectivity index (χ2v) is 4.56. The summed E-state index contributed by atoms with van der Waals surface area (Å²) in [6.45, 7) is 0. The Balaban J connectivity index is 2.74. The van der Waals surface area contributed by atoms with Gasteiger partial charge in [-0.25, -0.2) is 8.42 Å². The van der Waals surface area contributed by atoms with E-state index >= 15 is 0 Å². The Morgan fingerprint density at radius 2 is 1.67 bits per heavy atom. The van der Waals surface area contributed by atoms with Crippen LogP contribution >= 0.6 is 0 Å². The number of rotatable bonds is 3. The second kappa shape index (κ2) is 4.09. The fourth-order valence-corrected chi connectivity index (χ4v) is 1.94. The summed E-state index contributed by atoms with van der Waals surface area (Å²) in [5.74, 6) is -1.88. The lowest BCUT2D eigenvalue weighted by molar-refractivity contribution is -0.106. The van der Waals surface area contributed by atoms with Crippen molar-refractivity contribution in [1.82, 2.24) is 0 Å². The lowest BCUT2D eigenvalue weighted by atomic mass is 10.3. The van der Waals surface area contributed by atoms with Crippen molar-refractivity contribution in [3.63, 3.8) is 0 Å². The molecule has 3 nitrogen and oxygen atoms in total. The molecule has 0 fully saturated rings. The van der Waals surface area contributed by atoms with Crippen LogP contribution in [0, 0.1) is 0 Å². The first-order chi connectivity index (χ1) is 6.79. The molecule has 1 N–H and O–H groups in total. The monoisotopic (exact) mass is 239 g/mol. The third-order valence-electron chi connectivity index (χ3n) is 1.40. The van der Waals surface area contributed by atoms with E-state index in [9.17, 15) is 21.6 Å². The smallest absolute Gasteiger partial charge is 0.283 e. The maximum Gasteiger partial charge on any atom is 0.404 e. The Labute approximate surface area is 85.0 Å². The Morgan fingerprint density at radius 3 is 2.13 bits per heavy atom. The van der Waals surface area contributed by atoms with Crippen LogP contribution in [-0.4, -0.2) is 20.3 Å². The standard InChI is InChI=1S/C8H8F3NO2S/c9-8(10,11)6-15(13,14)12-7-4-2-1-3-5-7/h1-5,12H,6H2. The van der Waals surface area contributed by atoms with Crippen LogP contribution in [0.1, 0.15) is 0 Å². The molecule has 0 aliphatic rings. The molecule has 0 aliphatic heterocycles. The van der Waals surface area contributed by atoms with Crippen molar-refractivity contribution < 1.29 is 21.6 Å². The summed E-state index contributed by atoms with van der Waals surface area (Å²) in [5, 5.41) is 0. The van der Waals surface area contributed by atoms with Gasteiger partial charge in [0.15, 0.2) is 5.75 Å². The van der Waals surface area contributed by atoms with Crippen molar-refractivity contribution in [3.8, 4) is 0 Å². The summed E-state index contributed by atoms with van der Waals surface area (Å²) in [4.78, 5) is 0. The zero-order valence-corrected chi connectivity index (χ0v) is 8.27. The van der Waals surface area contributed by atoms with Crippen LogP contribution in [0.2, 0.25) is 0 Å². The average Bonchev–Trinajstić information content (AvgIpc) is 1.99. The van der Waals surface area contributed by atoms with Crippen LogP contribution in [0.3, 0.4) is 0 Å². The summed E-state index contributed by atoms with van der Waals surface area (Å²) in [7, 11) is -4.37. The summed E-state index contributed by atoms with van der Waals surface area (Å²) in [5.41, 5.74) is 0.113. The van der Waals surface area contributed by atoms with Gasteiger partial charge in [0.1, 0.15) is 0 Å². The highest BCUT2D eigenvalue weighted by Gasteiger charge is 2.35. The van der Waals surface area contributed by atoms with Crippen molar-refractivity contribution in [2.75, 3.05) is 10.5 Å². The van der Waals surface area contributed by atoms with Crippen molar-refractivity contribution in [2.45, 2.75) is 6.18 Å². The number of para-hydroxylation sites is 1. The SMILES string of the molecule is O=S(=O)(CC(F)(F)F)Nc1ccccc1. The Kier molecular flexibility index (Phi) is 3.23. The number of anilines is 1. The molecule has 0 saturated heterocycles. The first-order valence-corrected chi connectivity index (χ1v) is 5.56. The van der Waals surface area contributed by atoms with Gasteiger partial charge in [0, 0.05) is 5.69 Å². The predicted octanol–water partition coefficient (Wildman–Crippen LogP) is 1.99. The lowest BCUT2D eigenvalue weighted by Gasteiger charge is -2.09. The number of benzene rings is 1. The van der Waals surface area contributed by atoms with Crippen LogP contribution in [0.25, 0.3) is 0 Å². The quantitative estimate of drug-likeness (QED) is 0.876. The van der Waals surface area contributed by atoms with E-state index in [1.165, 1.54) is 24.3 Å². The van der Waals surface area contributed by atoms with Gasteiger partial charge >= 0.3 is 6.18 Å². The minimum Gasteiger partial charge on any atom is -0.283 e. The fraction of sp³-hybridized carbons (Fsp3) is 0.250. The van der Waals surface area contributed by atoms with Gasteiger partial charge in [0.25, 0.3) is 0 Å². The molecular weight excluding hydrogens is 231 g/mol. The molecule has 1 aromatic rings. The van der Waals surface area contributed by atoms with Crippen molar-refractivity contribution in [3.05, 3.63) is 30.3 Å². The van der Waals surface area contributed by atoms with Crippen molar-refractivity contribution in [1.29, 1.82) is 0 Å². The van der Waals surface area contributed by atoms with Crippen LogP contribution in [-0.2, 0) is 10.0 Å². The molecule has 0 spiro atoms. The molecule has 0 bridgehead atoms. The third-order valence-corrected chi connectivity index (χ3v) is 2.65. The highest BCUT2D eigenvalue weighted by atomic mass is 32.2. The molecule has 84 valence electrons. The van der Waals surface area contributed by atoms with Gasteiger partial charge in [-0.2, -0.15) is 13.2 Å². The van der Waals surface area contributed by atoms with E-state index in [2.05, 4.69) is 0 Å². The Morgan fingerprint density at radius 1 is 1.13 bits per heavy atom. The number of sulfonamides is 1. The molecule has 7 heteroatoms. The molecule has 0 amide bonds. The van der Waals surface area contributed by atoms with Crippen LogP contribution in [0.4, 0.5) is 18.9 Å². The number of halogens is 3. The predicted molar refractivity (Wildman–Crippen MR) is 49.9 cm³/mol. The Bertz CT molecular complexity index is 413. The van der Waals surface area contributed by atoms with Gasteiger partial charge in [-0.05, 0) is 12.1 Å². The van der Waals surface area contributed by atoms with E-state index in [1.807, 2.05) is 4.72 Å². The number of nitrogens with one attached hydrogen (secondary N) is 1. The molecule has 1 rings (SSSR count). The normalized spacial score (nSPS) is 12.5. The molecule has 0 aromatic heterocycles. The number of hydrogen-bond donors (Lipinski definition) is 1. The van der Waals surface area contributed by atoms with Crippen LogP contribution < -0.4 is 4.72 Å². The summed E-state index contributed by atoms with van der Waals surface area (Å²) in [6, 6.07) is 7.40. The molecule has 0 atom stereocenters. The third kappa shape index (κ3) is 4.68. The zero-order valence-electron chi connectivity index (χ0n) is 7.45. The van der Waals surface area contributed by atoms with Crippen molar-refractivity contribution >= 4 is 15.7 Å². The topological polar surface area (TPSA) is 46.2 Å². The largest absolute Gasteiger partial charge is 0.404 e. The molecule has 0 heterocycles. The highest BCUT2D eigenvalue weighted by Crippen LogP contribution is 2.18. The molecule has 0 radical (unpaired) electrons. The van der Waals surface area contributed by atoms with Gasteiger partial charge in [0.2, 0.25) is 10.0 Å². The van der Waals surface area contributed by atoms with E-state index < -0.39 is 22.0 Å². The summed E-state index contributed by atoms with van der Waals surface area (Å²) >= 11 is 0. The summed E-state index contributed by atoms with van der Waals surface area (Å²) in [6.07, 6.45) is -4.74. The first kappa shape index (κ1) is 11.8. The maximum absolute atomic E-state index is 11.8. The molecule has 0 unspecified atom stereocenters. The highest BCUT2D eigenvalue weighted by molar-refractivity contribution is 7.92. The molecule has 15 heavy (non-hydrogen) atoms. The number of alkyl halides is 3. The van der Waals surface area contributed by atoms with Gasteiger partial charge in [-0.15, -0.1) is 0 Å². The van der Waals surface area contributed by atoms with E-state index in [0.29, 0.717) is 0 Å². The first-order valence-electron chi connectivity index (χ1n) is 3.91. The van der Waals surface area contributed by atoms with E-state index in [-0.39, 0.29) is 5.69 Å². The van der Waals surface area contributed by atoms with Gasteiger partial charge in [-0.3, -0.25) is 4.72 Å². The average molecular weight is 239 g/mol. The Hall–Kier alpha value is -1.24. The van der Waals surface area contributed by atoms with Crippen molar-refractivity contribution in [2.24, 2.45) is 0 Å². The maximum atomic E-state index is 11.8. The van der Waals surface area contributed by atoms with Crippen LogP contribution in [0.5, 0.6) is 0 Å². The lowest BCUT2D eigenvalue weighted by Crippen LogP contribution is -2.27. The molecule has 0 aliphatic carbocycles. The second-order valence-electron chi connectivity index (χ2n) is 2.84. The number of hydrogen-bond acceptors (Lipinski definition) is 2. The van der Waals surface area contributed by atoms with E-state index in [0.717, 1.165) is 0 Å². The molecule has 0 saturated carbocycles.